The number of rotatable bonds is 11. The highest BCUT2D eigenvalue weighted by molar-refractivity contribution is 5.91. The zero-order valence-corrected chi connectivity index (χ0v) is 36.5. The van der Waals surface area contributed by atoms with Crippen LogP contribution in [0.1, 0.15) is 80.3 Å². The van der Waals surface area contributed by atoms with Gasteiger partial charge in [-0.2, -0.15) is 0 Å². The van der Waals surface area contributed by atoms with Gasteiger partial charge in [0.1, 0.15) is 0 Å². The molecule has 0 amide bonds. The lowest BCUT2D eigenvalue weighted by molar-refractivity contribution is 0.639. The van der Waals surface area contributed by atoms with Crippen LogP contribution in [-0.4, -0.2) is 0 Å². The fraction of sp³-hybridized carbons (Fsp3) is 0.180. The Hall–Kier alpha value is -6.70. The third-order valence-electron chi connectivity index (χ3n) is 14.5. The number of allylic oxidation sites excluding steroid dienone is 17. The molecule has 3 atom stereocenters. The molecule has 1 saturated carbocycles. The Morgan fingerprint density at radius 3 is 2.26 bits per heavy atom. The maximum absolute atomic E-state index is 4.94. The van der Waals surface area contributed by atoms with Crippen LogP contribution in [0, 0.1) is 11.8 Å². The highest BCUT2D eigenvalue weighted by Gasteiger charge is 2.47. The predicted molar refractivity (Wildman–Crippen MR) is 265 cm³/mol. The number of para-hydroxylation sites is 1. The molecule has 62 heavy (non-hydrogen) atoms. The summed E-state index contributed by atoms with van der Waals surface area (Å²) in [6, 6.07) is 45.3. The van der Waals surface area contributed by atoms with Crippen molar-refractivity contribution in [1.82, 2.24) is 0 Å². The van der Waals surface area contributed by atoms with Gasteiger partial charge in [-0.3, -0.25) is 0 Å². The van der Waals surface area contributed by atoms with Gasteiger partial charge in [0.2, 0.25) is 0 Å². The maximum Gasteiger partial charge on any atom is 0.0673 e. The summed E-state index contributed by atoms with van der Waals surface area (Å²) in [5.74, 6) is 1.37. The summed E-state index contributed by atoms with van der Waals surface area (Å²) in [6.07, 6.45) is 27.9. The first-order valence-electron chi connectivity index (χ1n) is 22.4. The molecule has 5 aliphatic rings. The Morgan fingerprint density at radius 1 is 0.742 bits per heavy atom. The quantitative estimate of drug-likeness (QED) is 0.120. The fourth-order valence-electron chi connectivity index (χ4n) is 11.0. The third kappa shape index (κ3) is 6.37. The highest BCUT2D eigenvalue weighted by atomic mass is 15.1. The van der Waals surface area contributed by atoms with Crippen LogP contribution in [0.25, 0.3) is 27.8 Å². The minimum Gasteiger partial charge on any atom is -0.310 e. The average Bonchev–Trinajstić information content (AvgIpc) is 4.03. The molecule has 0 aromatic heterocycles. The van der Waals surface area contributed by atoms with E-state index in [9.17, 15) is 0 Å². The Kier molecular flexibility index (Phi) is 9.95. The summed E-state index contributed by atoms with van der Waals surface area (Å²) >= 11 is 0. The molecule has 1 fully saturated rings. The molecule has 0 heterocycles. The van der Waals surface area contributed by atoms with Crippen molar-refractivity contribution in [2.45, 2.75) is 57.8 Å². The zero-order chi connectivity index (χ0) is 42.6. The van der Waals surface area contributed by atoms with Crippen molar-refractivity contribution < 1.29 is 0 Å². The van der Waals surface area contributed by atoms with Crippen molar-refractivity contribution in [3.05, 3.63) is 257 Å². The lowest BCUT2D eigenvalue weighted by atomic mass is 9.64. The number of anilines is 2. The molecular formula is C61H55N. The highest BCUT2D eigenvalue weighted by Crippen LogP contribution is 2.57. The van der Waals surface area contributed by atoms with Crippen LogP contribution >= 0.6 is 0 Å². The van der Waals surface area contributed by atoms with Crippen molar-refractivity contribution in [3.8, 4) is 11.1 Å². The van der Waals surface area contributed by atoms with Gasteiger partial charge < -0.3 is 4.90 Å². The average molecular weight is 802 g/mol. The van der Waals surface area contributed by atoms with Gasteiger partial charge in [0.05, 0.1) is 11.1 Å². The van der Waals surface area contributed by atoms with Crippen molar-refractivity contribution >= 4 is 28.1 Å². The molecule has 304 valence electrons. The zero-order valence-electron chi connectivity index (χ0n) is 36.5. The number of benzene rings is 5. The van der Waals surface area contributed by atoms with Crippen LogP contribution in [-0.2, 0) is 10.8 Å². The molecule has 0 spiro atoms. The van der Waals surface area contributed by atoms with E-state index in [1.54, 1.807) is 0 Å². The van der Waals surface area contributed by atoms with E-state index in [0.29, 0.717) is 11.8 Å². The second-order valence-corrected chi connectivity index (χ2v) is 18.1. The molecule has 0 saturated heterocycles. The lowest BCUT2D eigenvalue weighted by Gasteiger charge is -2.38. The van der Waals surface area contributed by atoms with Crippen molar-refractivity contribution in [3.63, 3.8) is 0 Å². The molecule has 1 nitrogen and oxygen atoms in total. The fourth-order valence-corrected chi connectivity index (χ4v) is 11.0. The summed E-state index contributed by atoms with van der Waals surface area (Å²) in [5, 5.41) is 0. The van der Waals surface area contributed by atoms with Crippen molar-refractivity contribution in [2.75, 3.05) is 4.90 Å². The summed E-state index contributed by atoms with van der Waals surface area (Å²) in [4.78, 5) is 2.38. The van der Waals surface area contributed by atoms with E-state index < -0.39 is 5.41 Å². The largest absolute Gasteiger partial charge is 0.310 e. The van der Waals surface area contributed by atoms with Gasteiger partial charge in [-0.05, 0) is 130 Å². The molecule has 1 heteroatoms. The molecule has 0 aliphatic heterocycles. The lowest BCUT2D eigenvalue weighted by Crippen LogP contribution is -2.31. The van der Waals surface area contributed by atoms with Crippen LogP contribution < -0.4 is 4.90 Å². The Balaban J connectivity index is 1.13. The smallest absolute Gasteiger partial charge is 0.0673 e. The number of fused-ring (bicyclic) bond motifs is 3. The minimum atomic E-state index is -0.425. The number of hydrogen-bond donors (Lipinski definition) is 0. The standard InChI is InChI=1S/C61H55N/c1-7-8-25-51-43(4)60(5,6)57-38-36-49(40-55(51)57)62(59-30-18-16-27-53(59)45-34-32-44(33-35-45)52-28-19-20-46-39-54(46)52)41(2)31-37-56-42(3)50-26-15-17-29-58(50)61(56,47-21-11-9-12-22-47)48-23-13-10-14-24-48/h7-13,15-23,25-38,40,46,54H,1-2,14,24,39H2,3-6H3/b25-8-,37-31-. The van der Waals surface area contributed by atoms with Gasteiger partial charge in [0, 0.05) is 22.4 Å². The Morgan fingerprint density at radius 2 is 1.48 bits per heavy atom. The third-order valence-corrected chi connectivity index (χ3v) is 14.5. The van der Waals surface area contributed by atoms with Gasteiger partial charge in [-0.25, -0.2) is 0 Å². The van der Waals surface area contributed by atoms with E-state index >= 15 is 0 Å². The summed E-state index contributed by atoms with van der Waals surface area (Å²) in [5.41, 5.74) is 20.9. The van der Waals surface area contributed by atoms with Crippen LogP contribution in [0.5, 0.6) is 0 Å². The monoisotopic (exact) mass is 801 g/mol. The van der Waals surface area contributed by atoms with E-state index in [2.05, 4.69) is 221 Å². The summed E-state index contributed by atoms with van der Waals surface area (Å²) in [7, 11) is 0. The van der Waals surface area contributed by atoms with Crippen molar-refractivity contribution in [2.24, 2.45) is 11.8 Å². The SMILES string of the molecule is C=C/C=C\C1=C(C)C(C)(C)c2ccc(N(C(=C)/C=C\C3=C(C)c4ccccc4C3(C3=CC=CCC3)c3ccccc3)c3ccccc3-c3ccc(C4=CC=CC5CC45)cc3)cc21. The molecule has 5 aromatic carbocycles. The molecule has 3 unspecified atom stereocenters. The topological polar surface area (TPSA) is 3.24 Å². The Bertz CT molecular complexity index is 2890. The first-order chi connectivity index (χ1) is 30.2. The maximum atomic E-state index is 4.94. The van der Waals surface area contributed by atoms with E-state index in [4.69, 9.17) is 6.58 Å². The van der Waals surface area contributed by atoms with Crippen molar-refractivity contribution in [1.29, 1.82) is 0 Å². The molecular weight excluding hydrogens is 747 g/mol. The predicted octanol–water partition coefficient (Wildman–Crippen LogP) is 16.0. The molecule has 5 aromatic rings. The van der Waals surface area contributed by atoms with Crippen LogP contribution in [0.15, 0.2) is 224 Å². The Labute approximate surface area is 369 Å². The first kappa shape index (κ1) is 39.4. The second kappa shape index (κ2) is 15.6. The number of nitrogens with zero attached hydrogens (tertiary/aromatic N) is 1. The van der Waals surface area contributed by atoms with Gasteiger partial charge in [0.15, 0.2) is 0 Å². The van der Waals surface area contributed by atoms with Crippen LogP contribution in [0.4, 0.5) is 11.4 Å². The van der Waals surface area contributed by atoms with E-state index in [0.717, 1.165) is 35.5 Å². The van der Waals surface area contributed by atoms with E-state index in [1.165, 1.54) is 78.8 Å². The normalized spacial score (nSPS) is 21.8. The summed E-state index contributed by atoms with van der Waals surface area (Å²) in [6.45, 7) is 18.2. The second-order valence-electron chi connectivity index (χ2n) is 18.1. The van der Waals surface area contributed by atoms with Gasteiger partial charge in [-0.1, -0.05) is 202 Å². The minimum absolute atomic E-state index is 0.0919. The van der Waals surface area contributed by atoms with Crippen LogP contribution in [0.2, 0.25) is 0 Å². The van der Waals surface area contributed by atoms with Crippen LogP contribution in [0.3, 0.4) is 0 Å². The van der Waals surface area contributed by atoms with Gasteiger partial charge in [-0.15, -0.1) is 0 Å². The summed E-state index contributed by atoms with van der Waals surface area (Å²) < 4.78 is 0. The molecule has 5 aliphatic carbocycles. The van der Waals surface area contributed by atoms with Gasteiger partial charge in [0.25, 0.3) is 0 Å². The van der Waals surface area contributed by atoms with Gasteiger partial charge >= 0.3 is 0 Å². The molecule has 0 bridgehead atoms. The first-order valence-corrected chi connectivity index (χ1v) is 22.4. The molecule has 10 rings (SSSR count). The van der Waals surface area contributed by atoms with E-state index in [-0.39, 0.29) is 5.41 Å². The van der Waals surface area contributed by atoms with E-state index in [1.807, 2.05) is 6.08 Å². The molecule has 0 radical (unpaired) electrons. The molecule has 0 N–H and O–H groups in total. The number of hydrogen-bond acceptors (Lipinski definition) is 1.